The minimum absolute atomic E-state index is 0.0384. The number of ether oxygens (including phenoxy) is 1. The maximum Gasteiger partial charge on any atom is 0.213 e. The number of amides is 1. The maximum absolute atomic E-state index is 11.3. The molecule has 0 spiro atoms. The second-order valence-corrected chi connectivity index (χ2v) is 7.61. The topological polar surface area (TPSA) is 65.5 Å². The molecule has 0 aromatic carbocycles. The average molecular weight is 284 g/mol. The summed E-state index contributed by atoms with van der Waals surface area (Å²) in [4.78, 5) is 16.5. The first-order valence-corrected chi connectivity index (χ1v) is 8.21. The molecule has 18 heavy (non-hydrogen) atoms. The fourth-order valence-corrected chi connectivity index (χ4v) is 4.57. The molecule has 1 amide bonds. The molecule has 2 unspecified atom stereocenters. The van der Waals surface area contributed by atoms with E-state index in [0.717, 1.165) is 0 Å². The lowest BCUT2D eigenvalue weighted by Gasteiger charge is -2.27. The van der Waals surface area contributed by atoms with Gasteiger partial charge in [0.2, 0.25) is 5.88 Å². The quantitative estimate of drug-likeness (QED) is 0.612. The molecule has 0 radical (unpaired) electrons. The monoisotopic (exact) mass is 284 g/mol. The van der Waals surface area contributed by atoms with Crippen molar-refractivity contribution in [2.24, 2.45) is 0 Å². The largest absolute Gasteiger partial charge is 0.530 e. The van der Waals surface area contributed by atoms with Gasteiger partial charge in [-0.15, -0.1) is 0 Å². The number of carbonyl (C=O) groups excluding carboxylic acids is 1. The SMILES string of the molecule is COc1ccc(N(C(=O)[O-])C2C=C[S+](C)S2)cn1. The Kier molecular flexibility index (Phi) is 4.03. The standard InChI is InChI=1S/C11H12N2O3S2/c1-16-9-4-3-8(7-12-9)13(11(14)15)10-5-6-18(2)17-10/h3-7,10H,1-2H3. The Morgan fingerprint density at radius 2 is 2.39 bits per heavy atom. The van der Waals surface area contributed by atoms with Gasteiger partial charge in [-0.2, -0.15) is 0 Å². The van der Waals surface area contributed by atoms with E-state index in [1.165, 1.54) is 18.2 Å². The van der Waals surface area contributed by atoms with Crippen LogP contribution in [0.5, 0.6) is 5.88 Å². The molecule has 0 saturated heterocycles. The normalized spacial score (nSPS) is 21.9. The van der Waals surface area contributed by atoms with Crippen LogP contribution in [0.2, 0.25) is 0 Å². The third-order valence-corrected chi connectivity index (χ3v) is 5.59. The summed E-state index contributed by atoms with van der Waals surface area (Å²) < 4.78 is 4.94. The first kappa shape index (κ1) is 13.1. The number of nitrogens with zero attached hydrogens (tertiary/aromatic N) is 2. The molecule has 2 atom stereocenters. The van der Waals surface area contributed by atoms with E-state index in [9.17, 15) is 9.90 Å². The second kappa shape index (κ2) is 5.53. The number of hydrogen-bond acceptors (Lipinski definition) is 5. The van der Waals surface area contributed by atoms with E-state index in [-0.39, 0.29) is 15.3 Å². The highest BCUT2D eigenvalue weighted by atomic mass is 33.1. The fourth-order valence-electron chi connectivity index (χ4n) is 1.52. The molecule has 1 aliphatic rings. The van der Waals surface area contributed by atoms with Gasteiger partial charge in [0.15, 0.2) is 5.37 Å². The predicted octanol–water partition coefficient (Wildman–Crippen LogP) is 0.990. The molecule has 0 fully saturated rings. The molecule has 2 heterocycles. The average Bonchev–Trinajstić information content (AvgIpc) is 2.76. The zero-order chi connectivity index (χ0) is 13.1. The molecule has 1 aliphatic heterocycles. The van der Waals surface area contributed by atoms with Crippen LogP contribution in [-0.2, 0) is 9.93 Å². The summed E-state index contributed by atoms with van der Waals surface area (Å²) in [5.41, 5.74) is 0.483. The highest BCUT2D eigenvalue weighted by molar-refractivity contribution is 8.75. The third kappa shape index (κ3) is 2.73. The lowest BCUT2D eigenvalue weighted by molar-refractivity contribution is -0.246. The van der Waals surface area contributed by atoms with Gasteiger partial charge >= 0.3 is 0 Å². The molecule has 1 aromatic rings. The van der Waals surface area contributed by atoms with Crippen molar-refractivity contribution in [1.29, 1.82) is 0 Å². The van der Waals surface area contributed by atoms with Crippen LogP contribution in [0, 0.1) is 0 Å². The number of anilines is 1. The summed E-state index contributed by atoms with van der Waals surface area (Å²) in [5.74, 6) is 0.446. The Labute approximate surface area is 112 Å². The number of hydrogen-bond donors (Lipinski definition) is 0. The Hall–Kier alpha value is -1.34. The van der Waals surface area contributed by atoms with Gasteiger partial charge < -0.3 is 19.5 Å². The number of aromatic nitrogens is 1. The van der Waals surface area contributed by atoms with Crippen LogP contribution in [0.25, 0.3) is 0 Å². The first-order chi connectivity index (χ1) is 8.61. The molecule has 0 aliphatic carbocycles. The zero-order valence-electron chi connectivity index (χ0n) is 9.90. The van der Waals surface area contributed by atoms with Crippen LogP contribution in [0.3, 0.4) is 0 Å². The Balaban J connectivity index is 2.24. The van der Waals surface area contributed by atoms with Crippen molar-refractivity contribution in [1.82, 2.24) is 4.98 Å². The van der Waals surface area contributed by atoms with Gasteiger partial charge in [0.25, 0.3) is 0 Å². The van der Waals surface area contributed by atoms with Gasteiger partial charge in [-0.3, -0.25) is 0 Å². The molecular weight excluding hydrogens is 272 g/mol. The van der Waals surface area contributed by atoms with Gasteiger partial charge in [0.05, 0.1) is 28.9 Å². The van der Waals surface area contributed by atoms with E-state index in [1.807, 2.05) is 17.7 Å². The maximum atomic E-state index is 11.3. The van der Waals surface area contributed by atoms with Gasteiger partial charge in [-0.25, -0.2) is 4.98 Å². The van der Waals surface area contributed by atoms with Crippen molar-refractivity contribution >= 4 is 32.5 Å². The Morgan fingerprint density at radius 1 is 1.61 bits per heavy atom. The van der Waals surface area contributed by atoms with Crippen LogP contribution in [0.15, 0.2) is 29.8 Å². The Bertz CT molecular complexity index is 464. The number of rotatable bonds is 3. The van der Waals surface area contributed by atoms with E-state index >= 15 is 0 Å². The van der Waals surface area contributed by atoms with Crippen LogP contribution < -0.4 is 14.7 Å². The van der Waals surface area contributed by atoms with Crippen molar-refractivity contribution in [3.05, 3.63) is 29.8 Å². The molecule has 0 saturated carbocycles. The smallest absolute Gasteiger partial charge is 0.213 e. The molecule has 5 nitrogen and oxygen atoms in total. The number of pyridine rings is 1. The minimum atomic E-state index is -1.23. The van der Waals surface area contributed by atoms with E-state index in [0.29, 0.717) is 11.6 Å². The van der Waals surface area contributed by atoms with E-state index < -0.39 is 6.09 Å². The first-order valence-electron chi connectivity index (χ1n) is 5.12. The number of methoxy groups -OCH3 is 1. The zero-order valence-corrected chi connectivity index (χ0v) is 11.5. The molecule has 0 bridgehead atoms. The van der Waals surface area contributed by atoms with Gasteiger partial charge in [-0.05, 0) is 6.07 Å². The Morgan fingerprint density at radius 3 is 2.83 bits per heavy atom. The van der Waals surface area contributed by atoms with Crippen molar-refractivity contribution in [2.45, 2.75) is 5.37 Å². The van der Waals surface area contributed by atoms with E-state index in [2.05, 4.69) is 4.98 Å². The van der Waals surface area contributed by atoms with E-state index in [4.69, 9.17) is 4.74 Å². The van der Waals surface area contributed by atoms with Crippen molar-refractivity contribution in [3.8, 4) is 5.88 Å². The highest BCUT2D eigenvalue weighted by Gasteiger charge is 2.32. The van der Waals surface area contributed by atoms with Crippen LogP contribution >= 0.6 is 10.8 Å². The number of carbonyl (C=O) groups is 1. The molecule has 0 N–H and O–H groups in total. The minimum Gasteiger partial charge on any atom is -0.530 e. The van der Waals surface area contributed by atoms with Crippen molar-refractivity contribution in [3.63, 3.8) is 0 Å². The van der Waals surface area contributed by atoms with Gasteiger partial charge in [0.1, 0.15) is 28.6 Å². The lowest BCUT2D eigenvalue weighted by Crippen LogP contribution is -2.45. The lowest BCUT2D eigenvalue weighted by atomic mass is 10.3. The molecular formula is C11H12N2O3S2. The van der Waals surface area contributed by atoms with Crippen LogP contribution in [-0.4, -0.2) is 29.8 Å². The number of carboxylic acid groups (broad SMARTS) is 1. The molecule has 7 heteroatoms. The highest BCUT2D eigenvalue weighted by Crippen LogP contribution is 2.34. The summed E-state index contributed by atoms with van der Waals surface area (Å²) in [6.07, 6.45) is 4.15. The van der Waals surface area contributed by atoms with Gasteiger partial charge in [-0.1, -0.05) is 0 Å². The summed E-state index contributed by atoms with van der Waals surface area (Å²) in [5, 5.41) is 13.0. The van der Waals surface area contributed by atoms with Crippen molar-refractivity contribution < 1.29 is 14.6 Å². The molecule has 96 valence electrons. The summed E-state index contributed by atoms with van der Waals surface area (Å²) >= 11 is 0. The van der Waals surface area contributed by atoms with Crippen LogP contribution in [0.1, 0.15) is 0 Å². The second-order valence-electron chi connectivity index (χ2n) is 3.51. The third-order valence-electron chi connectivity index (χ3n) is 2.34. The van der Waals surface area contributed by atoms with Gasteiger partial charge in [0, 0.05) is 12.1 Å². The predicted molar refractivity (Wildman–Crippen MR) is 72.5 cm³/mol. The van der Waals surface area contributed by atoms with Crippen molar-refractivity contribution in [2.75, 3.05) is 18.3 Å². The summed E-state index contributed by atoms with van der Waals surface area (Å²) in [6, 6.07) is 3.28. The molecule has 1 aromatic heterocycles. The fraction of sp³-hybridized carbons (Fsp3) is 0.273. The van der Waals surface area contributed by atoms with E-state index in [1.54, 1.807) is 22.9 Å². The molecule has 2 rings (SSSR count). The summed E-state index contributed by atoms with van der Waals surface area (Å²) in [7, 11) is 3.12. The summed E-state index contributed by atoms with van der Waals surface area (Å²) in [6.45, 7) is 0. The van der Waals surface area contributed by atoms with Crippen LogP contribution in [0.4, 0.5) is 10.5 Å².